The van der Waals surface area contributed by atoms with Gasteiger partial charge in [0.25, 0.3) is 0 Å². The molecule has 0 unspecified atom stereocenters. The SMILES string of the molecule is CCC[C@@H](CC(=O)O)NC(=O)C[C@@H](CCC)NC(=O)OCC1c2ccccc2-c2ccccc21. The van der Waals surface area contributed by atoms with Gasteiger partial charge in [-0.3, -0.25) is 9.59 Å². The number of carboxylic acid groups (broad SMARTS) is 1. The Morgan fingerprint density at radius 3 is 1.91 bits per heavy atom. The molecule has 3 N–H and O–H groups in total. The lowest BCUT2D eigenvalue weighted by atomic mass is 9.98. The lowest BCUT2D eigenvalue weighted by Crippen LogP contribution is -2.42. The minimum atomic E-state index is -0.944. The number of carboxylic acids is 1. The molecule has 2 atom stereocenters. The predicted octanol–water partition coefficient (Wildman–Crippen LogP) is 4.84. The Bertz CT molecular complexity index is 961. The van der Waals surface area contributed by atoms with Crippen LogP contribution in [0.25, 0.3) is 11.1 Å². The van der Waals surface area contributed by atoms with E-state index in [4.69, 9.17) is 9.84 Å². The van der Waals surface area contributed by atoms with Crippen LogP contribution in [0, 0.1) is 0 Å². The van der Waals surface area contributed by atoms with E-state index < -0.39 is 18.1 Å². The number of ether oxygens (including phenoxy) is 1. The number of alkyl carbamates (subject to hydrolysis) is 1. The van der Waals surface area contributed by atoms with Crippen molar-refractivity contribution >= 4 is 18.0 Å². The lowest BCUT2D eigenvalue weighted by molar-refractivity contribution is -0.137. The van der Waals surface area contributed by atoms with Crippen LogP contribution in [0.3, 0.4) is 0 Å². The second-order valence-electron chi connectivity index (χ2n) is 8.81. The highest BCUT2D eigenvalue weighted by Crippen LogP contribution is 2.44. The van der Waals surface area contributed by atoms with Crippen molar-refractivity contribution in [3.8, 4) is 11.1 Å². The van der Waals surface area contributed by atoms with Crippen LogP contribution in [-0.4, -0.2) is 41.8 Å². The molecule has 7 nitrogen and oxygen atoms in total. The first kappa shape index (κ1) is 25.3. The first-order valence-corrected chi connectivity index (χ1v) is 12.1. The van der Waals surface area contributed by atoms with Crippen molar-refractivity contribution in [1.82, 2.24) is 10.6 Å². The molecule has 1 aliphatic carbocycles. The molecule has 3 rings (SSSR count). The van der Waals surface area contributed by atoms with Crippen LogP contribution in [0.2, 0.25) is 0 Å². The number of amides is 2. The van der Waals surface area contributed by atoms with Crippen molar-refractivity contribution < 1.29 is 24.2 Å². The third kappa shape index (κ3) is 6.59. The minimum Gasteiger partial charge on any atom is -0.481 e. The summed E-state index contributed by atoms with van der Waals surface area (Å²) in [4.78, 5) is 36.2. The number of rotatable bonds is 12. The Hall–Kier alpha value is -3.35. The molecule has 34 heavy (non-hydrogen) atoms. The first-order chi connectivity index (χ1) is 16.4. The number of carbonyl (C=O) groups is 3. The maximum atomic E-state index is 12.6. The Balaban J connectivity index is 1.57. The number of nitrogens with one attached hydrogen (secondary N) is 2. The number of benzene rings is 2. The van der Waals surface area contributed by atoms with E-state index in [9.17, 15) is 14.4 Å². The van der Waals surface area contributed by atoms with Gasteiger partial charge in [-0.1, -0.05) is 75.2 Å². The lowest BCUT2D eigenvalue weighted by Gasteiger charge is -2.21. The van der Waals surface area contributed by atoms with Gasteiger partial charge < -0.3 is 20.5 Å². The molecular formula is C27H34N2O5. The van der Waals surface area contributed by atoms with Gasteiger partial charge in [0.05, 0.1) is 6.42 Å². The highest BCUT2D eigenvalue weighted by molar-refractivity contribution is 5.80. The average molecular weight is 467 g/mol. The Kier molecular flexibility index (Phi) is 9.08. The largest absolute Gasteiger partial charge is 0.481 e. The smallest absolute Gasteiger partial charge is 0.407 e. The van der Waals surface area contributed by atoms with E-state index in [1.807, 2.05) is 38.1 Å². The van der Waals surface area contributed by atoms with Crippen LogP contribution in [0.1, 0.15) is 69.4 Å². The zero-order valence-corrected chi connectivity index (χ0v) is 19.9. The molecule has 7 heteroatoms. The van der Waals surface area contributed by atoms with Gasteiger partial charge in [-0.2, -0.15) is 0 Å². The fraction of sp³-hybridized carbons (Fsp3) is 0.444. The third-order valence-electron chi connectivity index (χ3n) is 6.16. The molecule has 1 aliphatic rings. The van der Waals surface area contributed by atoms with Crippen molar-refractivity contribution in [2.45, 2.75) is 70.4 Å². The maximum absolute atomic E-state index is 12.6. The zero-order chi connectivity index (χ0) is 24.5. The van der Waals surface area contributed by atoms with E-state index in [2.05, 4.69) is 34.9 Å². The van der Waals surface area contributed by atoms with E-state index in [1.165, 1.54) is 0 Å². The molecule has 0 saturated carbocycles. The molecule has 2 aromatic carbocycles. The van der Waals surface area contributed by atoms with Gasteiger partial charge in [-0.05, 0) is 35.1 Å². The van der Waals surface area contributed by atoms with Crippen molar-refractivity contribution in [1.29, 1.82) is 0 Å². The zero-order valence-electron chi connectivity index (χ0n) is 19.9. The van der Waals surface area contributed by atoms with Crippen LogP contribution in [0.5, 0.6) is 0 Å². The summed E-state index contributed by atoms with van der Waals surface area (Å²) >= 11 is 0. The Morgan fingerprint density at radius 2 is 1.38 bits per heavy atom. The van der Waals surface area contributed by atoms with Crippen molar-refractivity contribution in [2.75, 3.05) is 6.61 Å². The summed E-state index contributed by atoms with van der Waals surface area (Å²) in [5.41, 5.74) is 4.61. The molecule has 0 radical (unpaired) electrons. The summed E-state index contributed by atoms with van der Waals surface area (Å²) in [5, 5.41) is 14.7. The van der Waals surface area contributed by atoms with Crippen LogP contribution in [-0.2, 0) is 14.3 Å². The molecule has 0 heterocycles. The van der Waals surface area contributed by atoms with Gasteiger partial charge in [0, 0.05) is 24.4 Å². The molecular weight excluding hydrogens is 432 g/mol. The maximum Gasteiger partial charge on any atom is 0.407 e. The highest BCUT2D eigenvalue weighted by Gasteiger charge is 2.29. The molecule has 0 bridgehead atoms. The van der Waals surface area contributed by atoms with Gasteiger partial charge in [0.1, 0.15) is 6.61 Å². The number of hydrogen-bond donors (Lipinski definition) is 3. The number of aliphatic carboxylic acids is 1. The van der Waals surface area contributed by atoms with E-state index in [0.717, 1.165) is 35.1 Å². The summed E-state index contributed by atoms with van der Waals surface area (Å²) in [6.45, 7) is 4.14. The molecule has 0 aliphatic heterocycles. The van der Waals surface area contributed by atoms with Crippen LogP contribution >= 0.6 is 0 Å². The van der Waals surface area contributed by atoms with Gasteiger partial charge >= 0.3 is 12.1 Å². The average Bonchev–Trinajstić information content (AvgIpc) is 3.11. The molecule has 0 spiro atoms. The topological polar surface area (TPSA) is 105 Å². The van der Waals surface area contributed by atoms with Crippen molar-refractivity contribution in [3.05, 3.63) is 59.7 Å². The van der Waals surface area contributed by atoms with E-state index in [0.29, 0.717) is 12.8 Å². The summed E-state index contributed by atoms with van der Waals surface area (Å²) in [5.74, 6) is -1.24. The van der Waals surface area contributed by atoms with Crippen molar-refractivity contribution in [2.24, 2.45) is 0 Å². The fourth-order valence-electron chi connectivity index (χ4n) is 4.68. The normalized spacial score (nSPS) is 13.9. The summed E-state index contributed by atoms with van der Waals surface area (Å²) in [6.07, 6.45) is 2.19. The Morgan fingerprint density at radius 1 is 0.853 bits per heavy atom. The van der Waals surface area contributed by atoms with Gasteiger partial charge in [-0.25, -0.2) is 4.79 Å². The van der Waals surface area contributed by atoms with Crippen LogP contribution in [0.4, 0.5) is 4.79 Å². The van der Waals surface area contributed by atoms with E-state index in [-0.39, 0.29) is 37.3 Å². The summed E-state index contributed by atoms with van der Waals surface area (Å²) in [7, 11) is 0. The number of fused-ring (bicyclic) bond motifs is 3. The molecule has 182 valence electrons. The molecule has 0 fully saturated rings. The summed E-state index contributed by atoms with van der Waals surface area (Å²) in [6, 6.07) is 15.5. The molecule has 2 aromatic rings. The van der Waals surface area contributed by atoms with Gasteiger partial charge in [0.2, 0.25) is 5.91 Å². The van der Waals surface area contributed by atoms with Gasteiger partial charge in [-0.15, -0.1) is 0 Å². The quantitative estimate of drug-likeness (QED) is 0.415. The second kappa shape index (κ2) is 12.2. The molecule has 0 saturated heterocycles. The first-order valence-electron chi connectivity index (χ1n) is 12.1. The predicted molar refractivity (Wildman–Crippen MR) is 131 cm³/mol. The fourth-order valence-corrected chi connectivity index (χ4v) is 4.68. The summed E-state index contributed by atoms with van der Waals surface area (Å²) < 4.78 is 5.61. The van der Waals surface area contributed by atoms with Crippen LogP contribution in [0.15, 0.2) is 48.5 Å². The Labute approximate surface area is 200 Å². The molecule has 2 amide bonds. The van der Waals surface area contributed by atoms with E-state index in [1.54, 1.807) is 0 Å². The highest BCUT2D eigenvalue weighted by atomic mass is 16.5. The third-order valence-corrected chi connectivity index (χ3v) is 6.16. The van der Waals surface area contributed by atoms with Crippen LogP contribution < -0.4 is 10.6 Å². The van der Waals surface area contributed by atoms with Crippen molar-refractivity contribution in [3.63, 3.8) is 0 Å². The number of carbonyl (C=O) groups excluding carboxylic acids is 2. The molecule has 0 aromatic heterocycles. The minimum absolute atomic E-state index is 0.0307. The van der Waals surface area contributed by atoms with Gasteiger partial charge in [0.15, 0.2) is 0 Å². The second-order valence-corrected chi connectivity index (χ2v) is 8.81. The standard InChI is InChI=1S/C27H34N2O5/c1-3-9-18(15-25(30)28-19(10-4-2)16-26(31)32)29-27(33)34-17-24-22-13-7-5-11-20(22)21-12-6-8-14-23(21)24/h5-8,11-14,18-19,24H,3-4,9-10,15-17H2,1-2H3,(H,28,30)(H,29,33)(H,31,32)/t18-,19+/m1/s1. The monoisotopic (exact) mass is 466 g/mol. The number of hydrogen-bond acceptors (Lipinski definition) is 4. The van der Waals surface area contributed by atoms with E-state index >= 15 is 0 Å².